The number of aromatic nitrogens is 3. The van der Waals surface area contributed by atoms with Crippen LogP contribution in [0.25, 0.3) is 32.7 Å². The molecule has 7 heterocycles. The number of carbonyl (C=O) groups excluding carboxylic acids is 15. The molecule has 134 heavy (non-hydrogen) atoms. The summed E-state index contributed by atoms with van der Waals surface area (Å²) >= 11 is 17.5. The Morgan fingerprint density at radius 3 is 1.35 bits per heavy atom. The van der Waals surface area contributed by atoms with E-state index in [1.165, 1.54) is 60.4 Å². The number of fused-ring (bicyclic) bond motifs is 4. The second kappa shape index (κ2) is 49.5. The first-order valence-electron chi connectivity index (χ1n) is 41.5. The number of anilines is 2. The maximum atomic E-state index is 12.8. The summed E-state index contributed by atoms with van der Waals surface area (Å²) < 4.78 is 31.1. The molecule has 0 bridgehead atoms. The standard InChI is InChI=1S/C25H21NO5.C19H21NO3.C17H19NO4.C11H9NO2.C10H4Cl3NO2.C10H11NO4.C10H7NO2/c1-15(2)25(29)31-14-6-13-30-20-10-5-7-16-11-12-19(26-22(16)20)21-23(27)17-8-3-4-9-18(17)24(21)28;1-13(2)19(22)23-11-5-8-17(21)12-16-7-4-6-15-10-9-14(3)20-18(15)16;1-11(2)17(20)22-10-14(19)9-21-15-6-4-5-13-8-7-12(3)18-16(13)15;13-10-6-7-11(14)12(10)8-9-4-2-1-3-5-9;11-5-3-6(12)10(7(13)4-5)14-8(15)1-2-9(14)16;1-7(2)10(14)15-6-5-11-8(12)3-4-9(11)13;12-9-6-7-10(13)11(9)8-4-2-1-3-5-8/h3-5,7-12,21H,1,6,13-14H2,2H3;4,6-7,9-10H,1,5,8,11-12H2,2-3H3;4-8,14,19H,1,9-10H2,2-3H3;1-7H,8H2;1-4H;3-4H,1,5-6H2,2H3;1-7H. The number of aryl methyl sites for hydroxylation is 2. The summed E-state index contributed by atoms with van der Waals surface area (Å²) in [6.45, 7) is 25.1. The molecule has 15 rings (SSSR count). The van der Waals surface area contributed by atoms with Crippen LogP contribution in [0.15, 0.2) is 285 Å². The van der Waals surface area contributed by atoms with E-state index in [1.807, 2.05) is 123 Å². The summed E-state index contributed by atoms with van der Waals surface area (Å²) in [6.07, 6.45) is 10.7. The van der Waals surface area contributed by atoms with Crippen molar-refractivity contribution >= 4 is 167 Å². The fourth-order valence-electron chi connectivity index (χ4n) is 12.7. The smallest absolute Gasteiger partial charge is 0.333 e. The van der Waals surface area contributed by atoms with Crippen LogP contribution in [0.3, 0.4) is 0 Å². The number of amides is 8. The molecule has 5 aliphatic rings. The maximum Gasteiger partial charge on any atom is 0.333 e. The highest BCUT2D eigenvalue weighted by Crippen LogP contribution is 2.39. The number of ether oxygens (including phenoxy) is 6. The molecular formula is C102H92Cl3N7O22. The summed E-state index contributed by atoms with van der Waals surface area (Å²) in [6, 6.07) is 56.4. The number of nitrogens with zero attached hydrogens (tertiary/aromatic N) is 7. The minimum Gasteiger partial charge on any atom is -0.491 e. The predicted octanol–water partition coefficient (Wildman–Crippen LogP) is 15.6. The Bertz CT molecular complexity index is 6280. The maximum absolute atomic E-state index is 12.8. The third-order valence-electron chi connectivity index (χ3n) is 19.4. The molecule has 32 heteroatoms. The van der Waals surface area contributed by atoms with E-state index in [2.05, 4.69) is 41.3 Å². The Kier molecular flexibility index (Phi) is 37.8. The van der Waals surface area contributed by atoms with Crippen LogP contribution in [-0.4, -0.2) is 171 Å². The topological polar surface area (TPSA) is 383 Å². The van der Waals surface area contributed by atoms with Gasteiger partial charge in [-0.3, -0.25) is 67.5 Å². The fourth-order valence-corrected chi connectivity index (χ4v) is 13.7. The molecule has 1 atom stereocenters. The van der Waals surface area contributed by atoms with Crippen LogP contribution in [0.5, 0.6) is 11.5 Å². The number of carbonyl (C=O) groups is 15. The number of para-hydroxylation sites is 4. The van der Waals surface area contributed by atoms with Crippen LogP contribution in [0.2, 0.25) is 15.1 Å². The first-order valence-corrected chi connectivity index (χ1v) is 42.6. The van der Waals surface area contributed by atoms with Crippen molar-refractivity contribution in [2.45, 2.75) is 85.8 Å². The normalized spacial score (nSPS) is 13.4. The monoisotopic (exact) mass is 1870 g/mol. The zero-order valence-electron chi connectivity index (χ0n) is 73.8. The van der Waals surface area contributed by atoms with Crippen LogP contribution in [0.1, 0.15) is 102 Å². The molecule has 0 saturated heterocycles. The van der Waals surface area contributed by atoms with Gasteiger partial charge in [-0.1, -0.05) is 195 Å². The van der Waals surface area contributed by atoms with Gasteiger partial charge in [-0.25, -0.2) is 38.9 Å². The number of hydrogen-bond acceptors (Lipinski definition) is 25. The van der Waals surface area contributed by atoms with E-state index in [4.69, 9.17) is 63.2 Å². The molecule has 1 aliphatic carbocycles. The van der Waals surface area contributed by atoms with Crippen LogP contribution < -0.4 is 19.3 Å². The van der Waals surface area contributed by atoms with Crippen molar-refractivity contribution in [3.05, 3.63) is 340 Å². The molecule has 0 radical (unpaired) electrons. The number of halogens is 3. The van der Waals surface area contributed by atoms with Gasteiger partial charge in [-0.05, 0) is 114 Å². The van der Waals surface area contributed by atoms with Crippen molar-refractivity contribution in [3.8, 4) is 11.5 Å². The van der Waals surface area contributed by atoms with Crippen molar-refractivity contribution in [2.75, 3.05) is 56.0 Å². The van der Waals surface area contributed by atoms with Crippen LogP contribution in [-0.2, 0) is 94.2 Å². The predicted molar refractivity (Wildman–Crippen MR) is 503 cm³/mol. The number of imide groups is 4. The molecule has 3 aromatic heterocycles. The number of esters is 4. The highest BCUT2D eigenvalue weighted by atomic mass is 35.5. The lowest BCUT2D eigenvalue weighted by molar-refractivity contribution is -0.144. The summed E-state index contributed by atoms with van der Waals surface area (Å²) in [5, 5.41) is 13.3. The van der Waals surface area contributed by atoms with E-state index in [0.29, 0.717) is 100 Å². The Morgan fingerprint density at radius 2 is 0.836 bits per heavy atom. The summed E-state index contributed by atoms with van der Waals surface area (Å²) in [5.41, 5.74) is 9.28. The number of aliphatic hydroxyl groups excluding tert-OH is 1. The van der Waals surface area contributed by atoms with Gasteiger partial charge in [0.05, 0.1) is 65.5 Å². The molecule has 4 aliphatic heterocycles. The van der Waals surface area contributed by atoms with Crippen molar-refractivity contribution < 1.29 is 105 Å². The highest BCUT2D eigenvalue weighted by molar-refractivity contribution is 6.45. The number of hydrogen-bond donors (Lipinski definition) is 1. The Balaban J connectivity index is 0.000000179. The van der Waals surface area contributed by atoms with E-state index in [1.54, 1.807) is 87.5 Å². The lowest BCUT2D eigenvalue weighted by Gasteiger charge is -2.17. The number of ketones is 3. The van der Waals surface area contributed by atoms with Gasteiger partial charge < -0.3 is 33.5 Å². The van der Waals surface area contributed by atoms with Crippen molar-refractivity contribution in [2.24, 2.45) is 0 Å². The second-order valence-electron chi connectivity index (χ2n) is 30.1. The summed E-state index contributed by atoms with van der Waals surface area (Å²) in [7, 11) is 0. The van der Waals surface area contributed by atoms with Crippen molar-refractivity contribution in [3.63, 3.8) is 0 Å². The fraction of sp³-hybridized carbons (Fsp3) is 0.196. The van der Waals surface area contributed by atoms with Gasteiger partial charge in [0, 0.05) is 134 Å². The lowest BCUT2D eigenvalue weighted by Crippen LogP contribution is -2.33. The number of rotatable bonds is 28. The molecule has 0 spiro atoms. The number of pyridine rings is 3. The van der Waals surface area contributed by atoms with Gasteiger partial charge in [0.15, 0.2) is 11.6 Å². The molecule has 10 aromatic rings. The third-order valence-corrected chi connectivity index (χ3v) is 20.1. The Morgan fingerprint density at radius 1 is 0.418 bits per heavy atom. The molecule has 29 nitrogen and oxygen atoms in total. The Labute approximate surface area is 785 Å². The molecular weight excluding hydrogens is 1780 g/mol. The van der Waals surface area contributed by atoms with Gasteiger partial charge >= 0.3 is 23.9 Å². The molecule has 1 unspecified atom stereocenters. The first kappa shape index (κ1) is 102. The van der Waals surface area contributed by atoms with Gasteiger partial charge in [-0.15, -0.1) is 0 Å². The van der Waals surface area contributed by atoms with E-state index < -0.39 is 47.7 Å². The van der Waals surface area contributed by atoms with Crippen LogP contribution in [0, 0.1) is 13.8 Å². The molecule has 1 N–H and O–H groups in total. The quantitative estimate of drug-likeness (QED) is 0.0119. The van der Waals surface area contributed by atoms with E-state index in [9.17, 15) is 77.0 Å². The zero-order valence-corrected chi connectivity index (χ0v) is 76.0. The van der Waals surface area contributed by atoms with E-state index in [0.717, 1.165) is 76.6 Å². The van der Waals surface area contributed by atoms with Crippen molar-refractivity contribution in [1.82, 2.24) is 24.8 Å². The van der Waals surface area contributed by atoms with Crippen LogP contribution >= 0.6 is 34.8 Å². The third kappa shape index (κ3) is 29.0. The summed E-state index contributed by atoms with van der Waals surface area (Å²) in [4.78, 5) is 190. The molecule has 0 saturated carbocycles. The molecule has 7 aromatic carbocycles. The van der Waals surface area contributed by atoms with E-state index >= 15 is 0 Å². The summed E-state index contributed by atoms with van der Waals surface area (Å²) in [5.74, 6) is -4.79. The van der Waals surface area contributed by atoms with Gasteiger partial charge in [0.2, 0.25) is 0 Å². The van der Waals surface area contributed by atoms with E-state index in [-0.39, 0.29) is 114 Å². The van der Waals surface area contributed by atoms with Gasteiger partial charge in [0.25, 0.3) is 47.3 Å². The number of Topliss-reactive ketones (excluding diaryl/α,β-unsaturated/α-hetero) is 3. The minimum atomic E-state index is -0.934. The Hall–Kier alpha value is -15.4. The molecule has 0 fully saturated rings. The highest BCUT2D eigenvalue weighted by Gasteiger charge is 2.41. The number of aliphatic hydroxyl groups is 1. The van der Waals surface area contributed by atoms with Crippen LogP contribution in [0.4, 0.5) is 11.4 Å². The number of benzene rings is 7. The zero-order chi connectivity index (χ0) is 97.4. The van der Waals surface area contributed by atoms with Gasteiger partial charge in [-0.2, -0.15) is 0 Å². The van der Waals surface area contributed by atoms with Crippen molar-refractivity contribution in [1.29, 1.82) is 0 Å². The lowest BCUT2D eigenvalue weighted by atomic mass is 9.98. The molecule has 688 valence electrons. The SMILES string of the molecule is C=C(C)C(=O)OCC(O)COc1cccc2ccc(C)nc12.C=C(C)C(=O)OCCCC(=O)Cc1cccc2ccc(C)nc12.C=C(C)C(=O)OCCCOc1cccc2ccc(C3C(=O)c4ccccc4C3=O)nc12.C=C(C)C(=O)OCCN1C(=O)C=CC1=O.O=C1C=CC(=O)N1Cc1ccccc1.O=C1C=CC(=O)N1c1c(Cl)cc(Cl)cc1Cl.O=C1C=CC(=O)N1c1ccccc1. The second-order valence-corrected chi connectivity index (χ2v) is 31.3. The largest absolute Gasteiger partial charge is 0.491 e. The average Bonchev–Trinajstić information content (AvgIpc) is 1.60. The molecule has 8 amide bonds. The average molecular weight is 1870 g/mol. The minimum absolute atomic E-state index is 0.00907. The van der Waals surface area contributed by atoms with Gasteiger partial charge in [0.1, 0.15) is 60.2 Å². The first-order chi connectivity index (χ1) is 64.0.